The molecular formula is C18H27N3O3. The third kappa shape index (κ3) is 5.53. The van der Waals surface area contributed by atoms with E-state index in [-0.39, 0.29) is 11.9 Å². The van der Waals surface area contributed by atoms with Crippen molar-refractivity contribution < 1.29 is 14.3 Å². The van der Waals surface area contributed by atoms with Gasteiger partial charge in [0.1, 0.15) is 6.04 Å². The van der Waals surface area contributed by atoms with Crippen molar-refractivity contribution in [3.05, 3.63) is 35.4 Å². The number of hydrogen-bond donors (Lipinski definition) is 2. The van der Waals surface area contributed by atoms with Gasteiger partial charge in [0.2, 0.25) is 5.91 Å². The predicted molar refractivity (Wildman–Crippen MR) is 92.6 cm³/mol. The molecule has 2 N–H and O–H groups in total. The maximum absolute atomic E-state index is 12.6. The van der Waals surface area contributed by atoms with Crippen LogP contribution in [0.5, 0.6) is 0 Å². The molecule has 1 fully saturated rings. The van der Waals surface area contributed by atoms with Gasteiger partial charge < -0.3 is 20.3 Å². The van der Waals surface area contributed by atoms with Crippen LogP contribution >= 0.6 is 0 Å². The number of piperidine rings is 1. The lowest BCUT2D eigenvalue weighted by atomic mass is 10.1. The molecule has 1 heterocycles. The number of rotatable bonds is 7. The Morgan fingerprint density at radius 2 is 2.12 bits per heavy atom. The average Bonchev–Trinajstić information content (AvgIpc) is 2.58. The van der Waals surface area contributed by atoms with E-state index in [9.17, 15) is 9.59 Å². The van der Waals surface area contributed by atoms with Gasteiger partial charge in [-0.2, -0.15) is 0 Å². The minimum atomic E-state index is -0.436. The van der Waals surface area contributed by atoms with Gasteiger partial charge in [0.05, 0.1) is 0 Å². The highest BCUT2D eigenvalue weighted by Gasteiger charge is 2.25. The van der Waals surface area contributed by atoms with Crippen LogP contribution in [-0.4, -0.2) is 49.7 Å². The molecule has 1 aliphatic rings. The Morgan fingerprint density at radius 3 is 2.79 bits per heavy atom. The van der Waals surface area contributed by atoms with Gasteiger partial charge >= 0.3 is 6.03 Å². The Labute approximate surface area is 143 Å². The summed E-state index contributed by atoms with van der Waals surface area (Å²) in [6.07, 6.45) is 2.33. The van der Waals surface area contributed by atoms with Crippen LogP contribution in [0.15, 0.2) is 24.3 Å². The Balaban J connectivity index is 1.98. The topological polar surface area (TPSA) is 70.7 Å². The van der Waals surface area contributed by atoms with Gasteiger partial charge in [-0.25, -0.2) is 4.79 Å². The highest BCUT2D eigenvalue weighted by molar-refractivity contribution is 5.87. The first-order chi connectivity index (χ1) is 11.6. The maximum Gasteiger partial charge on any atom is 0.318 e. The first-order valence-electron chi connectivity index (χ1n) is 8.48. The van der Waals surface area contributed by atoms with Crippen LogP contribution in [0.4, 0.5) is 4.79 Å². The fraction of sp³-hybridized carbons (Fsp3) is 0.556. The summed E-state index contributed by atoms with van der Waals surface area (Å²) in [6.45, 7) is 4.42. The number of methoxy groups -OCH3 is 1. The zero-order valence-corrected chi connectivity index (χ0v) is 14.5. The summed E-state index contributed by atoms with van der Waals surface area (Å²) in [4.78, 5) is 26.2. The van der Waals surface area contributed by atoms with Crippen LogP contribution < -0.4 is 10.6 Å². The number of carbonyl (C=O) groups is 2. The third-order valence-corrected chi connectivity index (χ3v) is 4.14. The van der Waals surface area contributed by atoms with Crippen molar-refractivity contribution in [1.29, 1.82) is 0 Å². The monoisotopic (exact) mass is 333 g/mol. The van der Waals surface area contributed by atoms with Gasteiger partial charge in [0, 0.05) is 33.4 Å². The summed E-state index contributed by atoms with van der Waals surface area (Å²) in [6, 6.07) is 7.49. The second-order valence-corrected chi connectivity index (χ2v) is 6.19. The van der Waals surface area contributed by atoms with Crippen LogP contribution in [0.3, 0.4) is 0 Å². The predicted octanol–water partition coefficient (Wildman–Crippen LogP) is 1.82. The molecule has 0 unspecified atom stereocenters. The molecule has 1 aromatic rings. The number of carbonyl (C=O) groups excluding carboxylic acids is 2. The zero-order chi connectivity index (χ0) is 17.4. The Bertz CT molecular complexity index is 545. The molecule has 0 saturated carbocycles. The van der Waals surface area contributed by atoms with Gasteiger partial charge in [-0.3, -0.25) is 4.79 Å². The van der Waals surface area contributed by atoms with Crippen molar-refractivity contribution in [3.63, 3.8) is 0 Å². The molecule has 0 aliphatic carbocycles. The lowest BCUT2D eigenvalue weighted by Gasteiger charge is -2.28. The normalized spacial score (nSPS) is 17.2. The van der Waals surface area contributed by atoms with E-state index in [0.29, 0.717) is 32.7 Å². The highest BCUT2D eigenvalue weighted by Crippen LogP contribution is 2.10. The number of benzene rings is 1. The molecule has 1 aliphatic heterocycles. The van der Waals surface area contributed by atoms with E-state index in [2.05, 4.69) is 10.6 Å². The van der Waals surface area contributed by atoms with Gasteiger partial charge in [-0.1, -0.05) is 29.8 Å². The second kappa shape index (κ2) is 9.27. The number of urea groups is 1. The van der Waals surface area contributed by atoms with E-state index in [1.807, 2.05) is 31.2 Å². The highest BCUT2D eigenvalue weighted by atomic mass is 16.5. The number of nitrogens with one attached hydrogen (secondary N) is 2. The molecule has 6 nitrogen and oxygen atoms in total. The largest absolute Gasteiger partial charge is 0.385 e. The minimum absolute atomic E-state index is 0.0956. The van der Waals surface area contributed by atoms with Crippen molar-refractivity contribution in [1.82, 2.24) is 15.5 Å². The van der Waals surface area contributed by atoms with Gasteiger partial charge in [0.15, 0.2) is 0 Å². The molecule has 0 bridgehead atoms. The minimum Gasteiger partial charge on any atom is -0.385 e. The Kier molecular flexibility index (Phi) is 7.06. The summed E-state index contributed by atoms with van der Waals surface area (Å²) in [5.74, 6) is -0.0956. The van der Waals surface area contributed by atoms with Gasteiger partial charge in [-0.05, 0) is 31.7 Å². The molecule has 0 spiro atoms. The lowest BCUT2D eigenvalue weighted by molar-refractivity contribution is -0.124. The van der Waals surface area contributed by atoms with Crippen molar-refractivity contribution in [2.24, 2.45) is 0 Å². The van der Waals surface area contributed by atoms with E-state index >= 15 is 0 Å². The van der Waals surface area contributed by atoms with Crippen molar-refractivity contribution in [2.75, 3.05) is 26.8 Å². The van der Waals surface area contributed by atoms with Gasteiger partial charge in [-0.15, -0.1) is 0 Å². The summed E-state index contributed by atoms with van der Waals surface area (Å²) < 4.78 is 5.08. The van der Waals surface area contributed by atoms with Crippen LogP contribution in [-0.2, 0) is 16.1 Å². The molecule has 1 aromatic carbocycles. The molecule has 3 amide bonds. The molecule has 2 rings (SSSR count). The lowest BCUT2D eigenvalue weighted by Crippen LogP contribution is -2.53. The number of ether oxygens (including phenoxy) is 1. The van der Waals surface area contributed by atoms with Crippen LogP contribution in [0, 0.1) is 6.92 Å². The Hall–Kier alpha value is -2.08. The molecule has 6 heteroatoms. The third-order valence-electron chi connectivity index (χ3n) is 4.14. The van der Waals surface area contributed by atoms with Crippen molar-refractivity contribution in [2.45, 2.75) is 38.8 Å². The molecule has 0 aromatic heterocycles. The Morgan fingerprint density at radius 1 is 1.38 bits per heavy atom. The standard InChI is InChI=1S/C18H27N3O3/c1-14-6-8-15(9-7-14)13-21(11-4-12-24-2)18(23)20-16-5-3-10-19-17(16)22/h6-9,16H,3-5,10-13H2,1-2H3,(H,19,22)(H,20,23)/t16-/m0/s1. The SMILES string of the molecule is COCCCN(Cc1ccc(C)cc1)C(=O)N[C@H]1CCCNC1=O. The van der Waals surface area contributed by atoms with E-state index < -0.39 is 6.04 Å². The average molecular weight is 333 g/mol. The fourth-order valence-electron chi connectivity index (χ4n) is 2.72. The fourth-order valence-corrected chi connectivity index (χ4v) is 2.72. The summed E-state index contributed by atoms with van der Waals surface area (Å²) >= 11 is 0. The maximum atomic E-state index is 12.6. The van der Waals surface area contributed by atoms with Crippen LogP contribution in [0.25, 0.3) is 0 Å². The number of amides is 3. The van der Waals surface area contributed by atoms with Gasteiger partial charge in [0.25, 0.3) is 0 Å². The summed E-state index contributed by atoms with van der Waals surface area (Å²) in [5, 5.41) is 5.65. The first-order valence-corrected chi connectivity index (χ1v) is 8.48. The van der Waals surface area contributed by atoms with Crippen molar-refractivity contribution in [3.8, 4) is 0 Å². The summed E-state index contributed by atoms with van der Waals surface area (Å²) in [7, 11) is 1.65. The second-order valence-electron chi connectivity index (χ2n) is 6.19. The number of aryl methyl sites for hydroxylation is 1. The molecular weight excluding hydrogens is 306 g/mol. The molecule has 1 saturated heterocycles. The van der Waals surface area contributed by atoms with E-state index in [0.717, 1.165) is 18.4 Å². The summed E-state index contributed by atoms with van der Waals surface area (Å²) in [5.41, 5.74) is 2.26. The van der Waals surface area contributed by atoms with Crippen LogP contribution in [0.2, 0.25) is 0 Å². The van der Waals surface area contributed by atoms with E-state index in [4.69, 9.17) is 4.74 Å². The molecule has 1 atom stereocenters. The smallest absolute Gasteiger partial charge is 0.318 e. The first kappa shape index (κ1) is 18.3. The number of hydrogen-bond acceptors (Lipinski definition) is 3. The van der Waals surface area contributed by atoms with E-state index in [1.165, 1.54) is 5.56 Å². The van der Waals surface area contributed by atoms with Crippen LogP contribution in [0.1, 0.15) is 30.4 Å². The van der Waals surface area contributed by atoms with Crippen molar-refractivity contribution >= 4 is 11.9 Å². The molecule has 0 radical (unpaired) electrons. The zero-order valence-electron chi connectivity index (χ0n) is 14.5. The quantitative estimate of drug-likeness (QED) is 0.748. The molecule has 24 heavy (non-hydrogen) atoms. The molecule has 132 valence electrons. The van der Waals surface area contributed by atoms with E-state index in [1.54, 1.807) is 12.0 Å². The number of nitrogens with zero attached hydrogens (tertiary/aromatic N) is 1.